The van der Waals surface area contributed by atoms with Gasteiger partial charge < -0.3 is 19.7 Å². The molecule has 1 atom stereocenters. The number of thiophene rings is 1. The molecule has 0 aliphatic carbocycles. The van der Waals surface area contributed by atoms with E-state index in [1.165, 1.54) is 16.2 Å². The molecule has 0 radical (unpaired) electrons. The molecule has 0 saturated carbocycles. The molecule has 1 unspecified atom stereocenters. The van der Waals surface area contributed by atoms with Gasteiger partial charge in [0.25, 0.3) is 11.8 Å². The highest BCUT2D eigenvalue weighted by molar-refractivity contribution is 7.18. The molecular formula is C20H20ClN3O5S. The number of anilines is 2. The third kappa shape index (κ3) is 4.28. The molecule has 4 rings (SSSR count). The number of benzene rings is 1. The molecule has 2 aliphatic heterocycles. The second kappa shape index (κ2) is 8.63. The van der Waals surface area contributed by atoms with Crippen LogP contribution in [0, 0.1) is 6.92 Å². The molecule has 2 saturated heterocycles. The summed E-state index contributed by atoms with van der Waals surface area (Å²) in [4.78, 5) is 40.2. The summed E-state index contributed by atoms with van der Waals surface area (Å²) in [7, 11) is 0. The van der Waals surface area contributed by atoms with Gasteiger partial charge in [0.05, 0.1) is 28.9 Å². The number of nitrogens with one attached hydrogen (secondary N) is 1. The Hall–Kier alpha value is -2.62. The van der Waals surface area contributed by atoms with E-state index in [2.05, 4.69) is 5.32 Å². The van der Waals surface area contributed by atoms with Gasteiger partial charge in [-0.05, 0) is 42.8 Å². The van der Waals surface area contributed by atoms with Crippen molar-refractivity contribution in [2.45, 2.75) is 13.0 Å². The second-order valence-electron chi connectivity index (χ2n) is 7.01. The Morgan fingerprint density at radius 3 is 2.57 bits per heavy atom. The Morgan fingerprint density at radius 2 is 1.93 bits per heavy atom. The third-order valence-electron chi connectivity index (χ3n) is 4.90. The number of morpholine rings is 1. The van der Waals surface area contributed by atoms with E-state index >= 15 is 0 Å². The van der Waals surface area contributed by atoms with Crippen LogP contribution in [0.1, 0.15) is 15.2 Å². The Balaban J connectivity index is 1.35. The number of carbonyl (C=O) groups is 3. The number of hydrogen-bond donors (Lipinski definition) is 1. The smallest absolute Gasteiger partial charge is 0.414 e. The number of nitrogens with zero attached hydrogens (tertiary/aromatic N) is 2. The van der Waals surface area contributed by atoms with Crippen LogP contribution in [-0.2, 0) is 14.3 Å². The zero-order valence-electron chi connectivity index (χ0n) is 16.2. The summed E-state index contributed by atoms with van der Waals surface area (Å²) in [5.74, 6) is -0.336. The molecule has 2 aliphatic rings. The number of amides is 3. The molecule has 3 heterocycles. The Bertz CT molecular complexity index is 958. The van der Waals surface area contributed by atoms with Crippen LogP contribution < -0.4 is 15.1 Å². The second-order valence-corrected chi connectivity index (χ2v) is 8.66. The average Bonchev–Trinajstić information content (AvgIpc) is 3.28. The van der Waals surface area contributed by atoms with Crippen LogP contribution >= 0.6 is 22.9 Å². The van der Waals surface area contributed by atoms with E-state index in [1.807, 2.05) is 6.92 Å². The van der Waals surface area contributed by atoms with Crippen LogP contribution in [0.25, 0.3) is 0 Å². The minimum Gasteiger partial charge on any atom is -0.442 e. The predicted molar refractivity (Wildman–Crippen MR) is 114 cm³/mol. The minimum absolute atomic E-state index is 0.0743. The van der Waals surface area contributed by atoms with Gasteiger partial charge in [0.1, 0.15) is 12.7 Å². The topological polar surface area (TPSA) is 88.2 Å². The summed E-state index contributed by atoms with van der Waals surface area (Å²) in [6.07, 6.45) is -0.932. The standard InChI is InChI=1S/C20H20ClN3O5S/c1-12-8-16(30-18(12)21)19(26)22-9-15-10-24(20(27)29-15)14-4-2-13(3-5-14)23-6-7-28-11-17(23)25/h2-5,8,15H,6-7,9-11H2,1H3,(H,22,26). The van der Waals surface area contributed by atoms with Crippen LogP contribution in [0.2, 0.25) is 4.34 Å². The number of cyclic esters (lactones) is 1. The minimum atomic E-state index is -0.473. The molecule has 8 nitrogen and oxygen atoms in total. The fourth-order valence-corrected chi connectivity index (χ4v) is 4.43. The highest BCUT2D eigenvalue weighted by atomic mass is 35.5. The molecule has 2 fully saturated rings. The first-order chi connectivity index (χ1) is 14.4. The maximum Gasteiger partial charge on any atom is 0.414 e. The fourth-order valence-electron chi connectivity index (χ4n) is 3.31. The summed E-state index contributed by atoms with van der Waals surface area (Å²) in [5.41, 5.74) is 2.28. The summed E-state index contributed by atoms with van der Waals surface area (Å²) in [5, 5.41) is 2.78. The lowest BCUT2D eigenvalue weighted by Gasteiger charge is -2.27. The zero-order valence-corrected chi connectivity index (χ0v) is 17.8. The van der Waals surface area contributed by atoms with E-state index in [-0.39, 0.29) is 25.0 Å². The van der Waals surface area contributed by atoms with Crippen molar-refractivity contribution in [1.29, 1.82) is 0 Å². The van der Waals surface area contributed by atoms with Crippen LogP contribution in [0.4, 0.5) is 16.2 Å². The first-order valence-corrected chi connectivity index (χ1v) is 10.6. The van der Waals surface area contributed by atoms with Crippen LogP contribution in [0.5, 0.6) is 0 Å². The summed E-state index contributed by atoms with van der Waals surface area (Å²) in [6, 6.07) is 8.87. The maximum absolute atomic E-state index is 12.3. The zero-order chi connectivity index (χ0) is 21.3. The van der Waals surface area contributed by atoms with Gasteiger partial charge in [-0.15, -0.1) is 11.3 Å². The van der Waals surface area contributed by atoms with E-state index in [1.54, 1.807) is 35.2 Å². The van der Waals surface area contributed by atoms with Gasteiger partial charge in [0, 0.05) is 17.9 Å². The van der Waals surface area contributed by atoms with Crippen molar-refractivity contribution in [3.63, 3.8) is 0 Å². The maximum atomic E-state index is 12.3. The Morgan fingerprint density at radius 1 is 1.23 bits per heavy atom. The van der Waals surface area contributed by atoms with E-state index < -0.39 is 12.2 Å². The SMILES string of the molecule is Cc1cc(C(=O)NCC2CN(c3ccc(N4CCOCC4=O)cc3)C(=O)O2)sc1Cl. The first-order valence-electron chi connectivity index (χ1n) is 9.43. The lowest BCUT2D eigenvalue weighted by Crippen LogP contribution is -2.41. The van der Waals surface area contributed by atoms with Gasteiger partial charge >= 0.3 is 6.09 Å². The largest absolute Gasteiger partial charge is 0.442 e. The average molecular weight is 450 g/mol. The third-order valence-corrected chi connectivity index (χ3v) is 6.46. The summed E-state index contributed by atoms with van der Waals surface area (Å²) in [6.45, 7) is 3.43. The number of rotatable bonds is 5. The van der Waals surface area contributed by atoms with Gasteiger partial charge in [-0.1, -0.05) is 11.6 Å². The molecule has 0 spiro atoms. The van der Waals surface area contributed by atoms with Gasteiger partial charge in [-0.3, -0.25) is 14.5 Å². The highest BCUT2D eigenvalue weighted by Gasteiger charge is 2.33. The van der Waals surface area contributed by atoms with Gasteiger partial charge in [0.2, 0.25) is 0 Å². The molecule has 10 heteroatoms. The van der Waals surface area contributed by atoms with Crippen molar-refractivity contribution in [1.82, 2.24) is 5.32 Å². The molecule has 0 bridgehead atoms. The number of carbonyl (C=O) groups excluding carboxylic acids is 3. The number of ether oxygens (including phenoxy) is 2. The van der Waals surface area contributed by atoms with Crippen molar-refractivity contribution in [2.24, 2.45) is 0 Å². The van der Waals surface area contributed by atoms with Crippen LogP contribution in [0.3, 0.4) is 0 Å². The first kappa shape index (κ1) is 20.6. The van der Waals surface area contributed by atoms with E-state index in [4.69, 9.17) is 21.1 Å². The highest BCUT2D eigenvalue weighted by Crippen LogP contribution is 2.27. The molecule has 158 valence electrons. The van der Waals surface area contributed by atoms with E-state index in [9.17, 15) is 14.4 Å². The van der Waals surface area contributed by atoms with Crippen molar-refractivity contribution in [2.75, 3.05) is 42.6 Å². The summed E-state index contributed by atoms with van der Waals surface area (Å²) >= 11 is 7.23. The van der Waals surface area contributed by atoms with Crippen molar-refractivity contribution in [3.8, 4) is 0 Å². The quantitative estimate of drug-likeness (QED) is 0.758. The Labute approximate surface area is 182 Å². The van der Waals surface area contributed by atoms with E-state index in [0.717, 1.165) is 11.3 Å². The molecular weight excluding hydrogens is 430 g/mol. The molecule has 2 aromatic rings. The Kier molecular flexibility index (Phi) is 5.94. The molecule has 3 amide bonds. The normalized spacial score (nSPS) is 19.2. The fraction of sp³-hybridized carbons (Fsp3) is 0.350. The van der Waals surface area contributed by atoms with E-state index in [0.29, 0.717) is 34.6 Å². The molecule has 30 heavy (non-hydrogen) atoms. The number of aryl methyl sites for hydroxylation is 1. The predicted octanol–water partition coefficient (Wildman–Crippen LogP) is 2.83. The van der Waals surface area contributed by atoms with Crippen molar-refractivity contribution >= 4 is 52.2 Å². The van der Waals surface area contributed by atoms with Gasteiger partial charge in [-0.25, -0.2) is 4.79 Å². The molecule has 1 aromatic carbocycles. The lowest BCUT2D eigenvalue weighted by molar-refractivity contribution is -0.125. The van der Waals surface area contributed by atoms with Gasteiger partial charge in [0.15, 0.2) is 0 Å². The lowest BCUT2D eigenvalue weighted by atomic mass is 10.2. The molecule has 1 N–H and O–H groups in total. The van der Waals surface area contributed by atoms with Crippen molar-refractivity contribution < 1.29 is 23.9 Å². The monoisotopic (exact) mass is 449 g/mol. The van der Waals surface area contributed by atoms with Crippen LogP contribution in [0.15, 0.2) is 30.3 Å². The summed E-state index contributed by atoms with van der Waals surface area (Å²) < 4.78 is 11.1. The number of hydrogen-bond acceptors (Lipinski definition) is 6. The number of halogens is 1. The van der Waals surface area contributed by atoms with Crippen molar-refractivity contribution in [3.05, 3.63) is 45.1 Å². The molecule has 1 aromatic heterocycles. The van der Waals surface area contributed by atoms with Crippen LogP contribution in [-0.4, -0.2) is 56.9 Å². The van der Waals surface area contributed by atoms with Gasteiger partial charge in [-0.2, -0.15) is 0 Å².